The third kappa shape index (κ3) is 4.21. The highest BCUT2D eigenvalue weighted by molar-refractivity contribution is 5.54. The molecule has 1 aliphatic rings. The molecule has 1 heterocycles. The van der Waals surface area contributed by atoms with Crippen molar-refractivity contribution < 1.29 is 0 Å². The number of nitrogens with zero attached hydrogens (tertiary/aromatic N) is 2. The van der Waals surface area contributed by atoms with Crippen molar-refractivity contribution >= 4 is 5.69 Å². The lowest BCUT2D eigenvalue weighted by atomic mass is 10.1. The monoisotopic (exact) mass is 289 g/mol. The molecule has 1 atom stereocenters. The number of aryl methyl sites for hydroxylation is 1. The van der Waals surface area contributed by atoms with E-state index in [1.165, 1.54) is 36.3 Å². The summed E-state index contributed by atoms with van der Waals surface area (Å²) in [6.07, 6.45) is 1.25. The van der Waals surface area contributed by atoms with Gasteiger partial charge in [0.2, 0.25) is 0 Å². The van der Waals surface area contributed by atoms with Crippen LogP contribution in [0.25, 0.3) is 0 Å². The molecule has 1 saturated heterocycles. The fourth-order valence-electron chi connectivity index (χ4n) is 3.11. The number of nitrogens with one attached hydrogen (secondary N) is 1. The largest absolute Gasteiger partial charge is 0.369 e. The molecule has 0 aliphatic carbocycles. The van der Waals surface area contributed by atoms with Crippen LogP contribution in [0.4, 0.5) is 5.69 Å². The van der Waals surface area contributed by atoms with Crippen molar-refractivity contribution in [1.82, 2.24) is 10.2 Å². The van der Waals surface area contributed by atoms with Crippen molar-refractivity contribution in [2.45, 2.75) is 46.7 Å². The lowest BCUT2D eigenvalue weighted by molar-refractivity contribution is 0.193. The van der Waals surface area contributed by atoms with E-state index in [9.17, 15) is 0 Å². The normalized spacial score (nSPS) is 18.0. The molecular formula is C18H31N3. The second kappa shape index (κ2) is 7.81. The zero-order chi connectivity index (χ0) is 15.2. The predicted octanol–water partition coefficient (Wildman–Crippen LogP) is 3.03. The molecule has 1 aromatic carbocycles. The SMILES string of the molecule is CCNCc1ccc(N2CCN(C(C)CC)CC2)c(C)c1. The fourth-order valence-corrected chi connectivity index (χ4v) is 3.11. The first-order valence-electron chi connectivity index (χ1n) is 8.45. The second-order valence-corrected chi connectivity index (χ2v) is 6.18. The van der Waals surface area contributed by atoms with Gasteiger partial charge in [0.25, 0.3) is 0 Å². The summed E-state index contributed by atoms with van der Waals surface area (Å²) in [5, 5.41) is 3.40. The van der Waals surface area contributed by atoms with Crippen LogP contribution in [0, 0.1) is 6.92 Å². The maximum Gasteiger partial charge on any atom is 0.0397 e. The van der Waals surface area contributed by atoms with Gasteiger partial charge in [-0.1, -0.05) is 26.0 Å². The maximum absolute atomic E-state index is 3.40. The van der Waals surface area contributed by atoms with Gasteiger partial charge in [-0.25, -0.2) is 0 Å². The lowest BCUT2D eigenvalue weighted by Crippen LogP contribution is -2.49. The summed E-state index contributed by atoms with van der Waals surface area (Å²) in [5.41, 5.74) is 4.21. The van der Waals surface area contributed by atoms with E-state index in [0.717, 1.165) is 32.2 Å². The molecule has 0 bridgehead atoms. The molecule has 1 N–H and O–H groups in total. The second-order valence-electron chi connectivity index (χ2n) is 6.18. The summed E-state index contributed by atoms with van der Waals surface area (Å²) < 4.78 is 0. The maximum atomic E-state index is 3.40. The summed E-state index contributed by atoms with van der Waals surface area (Å²) >= 11 is 0. The molecule has 1 aliphatic heterocycles. The highest BCUT2D eigenvalue weighted by Crippen LogP contribution is 2.23. The Hall–Kier alpha value is -1.06. The van der Waals surface area contributed by atoms with Gasteiger partial charge < -0.3 is 10.2 Å². The van der Waals surface area contributed by atoms with E-state index in [4.69, 9.17) is 0 Å². The van der Waals surface area contributed by atoms with Gasteiger partial charge in [0, 0.05) is 44.5 Å². The van der Waals surface area contributed by atoms with Crippen LogP contribution in [-0.2, 0) is 6.54 Å². The van der Waals surface area contributed by atoms with Crippen LogP contribution < -0.4 is 10.2 Å². The van der Waals surface area contributed by atoms with Crippen molar-refractivity contribution in [1.29, 1.82) is 0 Å². The molecule has 2 rings (SSSR count). The van der Waals surface area contributed by atoms with Crippen LogP contribution >= 0.6 is 0 Å². The Balaban J connectivity index is 1.97. The number of anilines is 1. The molecule has 3 nitrogen and oxygen atoms in total. The Morgan fingerprint density at radius 3 is 2.43 bits per heavy atom. The van der Waals surface area contributed by atoms with Gasteiger partial charge in [-0.3, -0.25) is 4.90 Å². The van der Waals surface area contributed by atoms with E-state index in [-0.39, 0.29) is 0 Å². The molecule has 0 aromatic heterocycles. The van der Waals surface area contributed by atoms with Crippen LogP contribution in [0.15, 0.2) is 18.2 Å². The lowest BCUT2D eigenvalue weighted by Gasteiger charge is -2.39. The van der Waals surface area contributed by atoms with Crippen molar-refractivity contribution in [2.75, 3.05) is 37.6 Å². The fraction of sp³-hybridized carbons (Fsp3) is 0.667. The topological polar surface area (TPSA) is 18.5 Å². The van der Waals surface area contributed by atoms with E-state index in [1.807, 2.05) is 0 Å². The molecule has 1 unspecified atom stereocenters. The number of hydrogen-bond acceptors (Lipinski definition) is 3. The van der Waals surface area contributed by atoms with Crippen molar-refractivity contribution in [3.63, 3.8) is 0 Å². The number of benzene rings is 1. The van der Waals surface area contributed by atoms with Gasteiger partial charge in [-0.15, -0.1) is 0 Å². The molecule has 0 amide bonds. The Kier molecular flexibility index (Phi) is 6.07. The van der Waals surface area contributed by atoms with Crippen LogP contribution in [0.1, 0.15) is 38.3 Å². The van der Waals surface area contributed by atoms with Crippen molar-refractivity contribution in [3.8, 4) is 0 Å². The van der Waals surface area contributed by atoms with Gasteiger partial charge in [0.05, 0.1) is 0 Å². The van der Waals surface area contributed by atoms with Gasteiger partial charge in [0.1, 0.15) is 0 Å². The predicted molar refractivity (Wildman–Crippen MR) is 92.1 cm³/mol. The minimum atomic E-state index is 0.718. The molecule has 0 radical (unpaired) electrons. The molecule has 1 fully saturated rings. The Bertz CT molecular complexity index is 436. The summed E-state index contributed by atoms with van der Waals surface area (Å²) in [7, 11) is 0. The van der Waals surface area contributed by atoms with Crippen LogP contribution in [0.3, 0.4) is 0 Å². The van der Waals surface area contributed by atoms with Crippen LogP contribution in [-0.4, -0.2) is 43.7 Å². The summed E-state index contributed by atoms with van der Waals surface area (Å²) in [4.78, 5) is 5.16. The van der Waals surface area contributed by atoms with Crippen molar-refractivity contribution in [3.05, 3.63) is 29.3 Å². The first-order valence-corrected chi connectivity index (χ1v) is 8.45. The van der Waals surface area contributed by atoms with E-state index < -0.39 is 0 Å². The zero-order valence-corrected chi connectivity index (χ0v) is 14.2. The summed E-state index contributed by atoms with van der Waals surface area (Å²) in [6.45, 7) is 15.7. The highest BCUT2D eigenvalue weighted by atomic mass is 15.3. The van der Waals surface area contributed by atoms with Crippen LogP contribution in [0.2, 0.25) is 0 Å². The zero-order valence-electron chi connectivity index (χ0n) is 14.2. The van der Waals surface area contributed by atoms with E-state index in [0.29, 0.717) is 0 Å². The molecule has 3 heteroatoms. The minimum absolute atomic E-state index is 0.718. The molecule has 1 aromatic rings. The van der Waals surface area contributed by atoms with E-state index >= 15 is 0 Å². The number of piperazine rings is 1. The highest BCUT2D eigenvalue weighted by Gasteiger charge is 2.21. The van der Waals surface area contributed by atoms with Crippen molar-refractivity contribution in [2.24, 2.45) is 0 Å². The first-order chi connectivity index (χ1) is 10.2. The van der Waals surface area contributed by atoms with Gasteiger partial charge >= 0.3 is 0 Å². The third-order valence-corrected chi connectivity index (χ3v) is 4.71. The average molecular weight is 289 g/mol. The van der Waals surface area contributed by atoms with E-state index in [1.54, 1.807) is 0 Å². The molecule has 21 heavy (non-hydrogen) atoms. The van der Waals surface area contributed by atoms with Crippen LogP contribution in [0.5, 0.6) is 0 Å². The Morgan fingerprint density at radius 1 is 1.14 bits per heavy atom. The third-order valence-electron chi connectivity index (χ3n) is 4.71. The standard InChI is InChI=1S/C18H31N3/c1-5-16(4)20-9-11-21(12-10-20)18-8-7-17(13-15(18)3)14-19-6-2/h7-8,13,16,19H,5-6,9-12,14H2,1-4H3. The minimum Gasteiger partial charge on any atom is -0.369 e. The quantitative estimate of drug-likeness (QED) is 0.868. The average Bonchev–Trinajstić information content (AvgIpc) is 2.52. The number of hydrogen-bond donors (Lipinski definition) is 1. The Labute approximate surface area is 130 Å². The summed E-state index contributed by atoms with van der Waals surface area (Å²) in [5.74, 6) is 0. The first kappa shape index (κ1) is 16.3. The number of rotatable bonds is 6. The van der Waals surface area contributed by atoms with Gasteiger partial charge in [0.15, 0.2) is 0 Å². The smallest absolute Gasteiger partial charge is 0.0397 e. The molecular weight excluding hydrogens is 258 g/mol. The van der Waals surface area contributed by atoms with Gasteiger partial charge in [-0.05, 0) is 44.0 Å². The molecule has 0 saturated carbocycles. The molecule has 118 valence electrons. The van der Waals surface area contributed by atoms with E-state index in [2.05, 4.69) is 61.0 Å². The molecule has 0 spiro atoms. The summed E-state index contributed by atoms with van der Waals surface area (Å²) in [6, 6.07) is 7.63. The Morgan fingerprint density at radius 2 is 1.86 bits per heavy atom. The van der Waals surface area contributed by atoms with Gasteiger partial charge in [-0.2, -0.15) is 0 Å².